The average molecular weight is 454 g/mol. The Bertz CT molecular complexity index is 749. The zero-order valence-electron chi connectivity index (χ0n) is 13.4. The number of nitrogens with zero attached hydrogens (tertiary/aromatic N) is 2. The number of anilines is 2. The maximum absolute atomic E-state index is 13.1. The van der Waals surface area contributed by atoms with Crippen LogP contribution in [0.2, 0.25) is 0 Å². The lowest BCUT2D eigenvalue weighted by Crippen LogP contribution is -2.49. The van der Waals surface area contributed by atoms with Crippen LogP contribution in [0.25, 0.3) is 0 Å². The van der Waals surface area contributed by atoms with E-state index in [1.165, 1.54) is 4.90 Å². The molecule has 1 aliphatic rings. The molecule has 2 atom stereocenters. The summed E-state index contributed by atoms with van der Waals surface area (Å²) in [5.74, 6) is 0. The van der Waals surface area contributed by atoms with Crippen molar-refractivity contribution in [2.75, 3.05) is 9.80 Å². The fourth-order valence-electron chi connectivity index (χ4n) is 3.01. The van der Waals surface area contributed by atoms with E-state index in [9.17, 15) is 9.90 Å². The lowest BCUT2D eigenvalue weighted by molar-refractivity contribution is 0.117. The van der Waals surface area contributed by atoms with E-state index in [0.29, 0.717) is 12.1 Å². The van der Waals surface area contributed by atoms with Gasteiger partial charge in [-0.1, -0.05) is 38.8 Å². The molecule has 1 heterocycles. The van der Waals surface area contributed by atoms with Crippen LogP contribution in [0.1, 0.15) is 20.3 Å². The molecule has 2 aromatic carbocycles. The van der Waals surface area contributed by atoms with Crippen LogP contribution in [0.5, 0.6) is 0 Å². The lowest BCUT2D eigenvalue weighted by Gasteiger charge is -2.35. The number of benzene rings is 2. The molecule has 2 amide bonds. The smallest absolute Gasteiger partial charge is 0.331 e. The average Bonchev–Trinajstić information content (AvgIpc) is 2.77. The molecule has 0 saturated carbocycles. The molecule has 0 spiro atoms. The van der Waals surface area contributed by atoms with Crippen LogP contribution in [0.15, 0.2) is 57.5 Å². The number of hydrogen-bond donors (Lipinski definition) is 1. The molecule has 0 radical (unpaired) electrons. The van der Waals surface area contributed by atoms with Crippen molar-refractivity contribution in [1.82, 2.24) is 0 Å². The quantitative estimate of drug-likeness (QED) is 0.698. The standard InChI is InChI=1S/C18H18Br2N2O2/c1-3-18(2)16(23)21(14-8-4-12(19)5-9-14)17(24)22(18)15-10-6-13(20)7-11-15/h4-11,16,23H,3H2,1-2H3. The van der Waals surface area contributed by atoms with E-state index in [1.54, 1.807) is 4.90 Å². The molecular weight excluding hydrogens is 436 g/mol. The van der Waals surface area contributed by atoms with Gasteiger partial charge in [-0.05, 0) is 61.9 Å². The number of carbonyl (C=O) groups is 1. The Balaban J connectivity index is 2.07. The predicted molar refractivity (Wildman–Crippen MR) is 103 cm³/mol. The Morgan fingerprint density at radius 2 is 1.46 bits per heavy atom. The minimum Gasteiger partial charge on any atom is -0.371 e. The zero-order valence-corrected chi connectivity index (χ0v) is 16.6. The summed E-state index contributed by atoms with van der Waals surface area (Å²) in [6, 6.07) is 14.7. The van der Waals surface area contributed by atoms with E-state index >= 15 is 0 Å². The number of hydrogen-bond acceptors (Lipinski definition) is 2. The van der Waals surface area contributed by atoms with Gasteiger partial charge in [-0.15, -0.1) is 0 Å². The van der Waals surface area contributed by atoms with Crippen molar-refractivity contribution in [3.63, 3.8) is 0 Å². The largest absolute Gasteiger partial charge is 0.371 e. The Morgan fingerprint density at radius 1 is 1.00 bits per heavy atom. The highest BCUT2D eigenvalue weighted by Crippen LogP contribution is 2.41. The third kappa shape index (κ3) is 2.76. The van der Waals surface area contributed by atoms with Gasteiger partial charge in [0.1, 0.15) is 0 Å². The van der Waals surface area contributed by atoms with E-state index in [-0.39, 0.29) is 6.03 Å². The molecule has 0 aliphatic carbocycles. The number of rotatable bonds is 3. The van der Waals surface area contributed by atoms with Gasteiger partial charge in [0.15, 0.2) is 6.23 Å². The molecule has 126 valence electrons. The summed E-state index contributed by atoms with van der Waals surface area (Å²) in [7, 11) is 0. The van der Waals surface area contributed by atoms with Crippen LogP contribution in [0.3, 0.4) is 0 Å². The van der Waals surface area contributed by atoms with Gasteiger partial charge in [-0.3, -0.25) is 9.80 Å². The summed E-state index contributed by atoms with van der Waals surface area (Å²) in [4.78, 5) is 16.3. The molecule has 2 unspecified atom stereocenters. The van der Waals surface area contributed by atoms with Gasteiger partial charge in [0.25, 0.3) is 0 Å². The highest BCUT2D eigenvalue weighted by atomic mass is 79.9. The number of halogens is 2. The van der Waals surface area contributed by atoms with E-state index in [4.69, 9.17) is 0 Å². The second-order valence-electron chi connectivity index (χ2n) is 6.03. The van der Waals surface area contributed by atoms with Gasteiger partial charge in [-0.2, -0.15) is 0 Å². The van der Waals surface area contributed by atoms with Crippen LogP contribution in [-0.2, 0) is 0 Å². The Labute approximate surface area is 158 Å². The molecule has 6 heteroatoms. The molecule has 1 saturated heterocycles. The van der Waals surface area contributed by atoms with Gasteiger partial charge in [0.2, 0.25) is 0 Å². The third-order valence-electron chi connectivity index (χ3n) is 4.61. The first-order valence-corrected chi connectivity index (χ1v) is 9.29. The minimum atomic E-state index is -0.931. The number of carbonyl (C=O) groups excluding carboxylic acids is 1. The van der Waals surface area contributed by atoms with Crippen molar-refractivity contribution in [1.29, 1.82) is 0 Å². The molecule has 1 fully saturated rings. The molecule has 4 nitrogen and oxygen atoms in total. The van der Waals surface area contributed by atoms with Crippen molar-refractivity contribution in [2.45, 2.75) is 32.0 Å². The van der Waals surface area contributed by atoms with Crippen molar-refractivity contribution < 1.29 is 9.90 Å². The predicted octanol–water partition coefficient (Wildman–Crippen LogP) is 5.15. The lowest BCUT2D eigenvalue weighted by atomic mass is 9.95. The maximum Gasteiger partial charge on any atom is 0.331 e. The van der Waals surface area contributed by atoms with Gasteiger partial charge in [0, 0.05) is 20.3 Å². The molecule has 24 heavy (non-hydrogen) atoms. The van der Waals surface area contributed by atoms with Gasteiger partial charge in [0.05, 0.1) is 5.54 Å². The summed E-state index contributed by atoms with van der Waals surface area (Å²) >= 11 is 6.81. The Morgan fingerprint density at radius 3 is 1.92 bits per heavy atom. The number of aliphatic hydroxyl groups is 1. The van der Waals surface area contributed by atoms with Gasteiger partial charge in [-0.25, -0.2) is 4.79 Å². The van der Waals surface area contributed by atoms with Crippen LogP contribution < -0.4 is 9.80 Å². The third-order valence-corrected chi connectivity index (χ3v) is 5.67. The summed E-state index contributed by atoms with van der Waals surface area (Å²) < 4.78 is 1.87. The molecule has 3 rings (SSSR count). The number of aliphatic hydroxyl groups excluding tert-OH is 1. The SMILES string of the molecule is CCC1(C)C(O)N(c2ccc(Br)cc2)C(=O)N1c1ccc(Br)cc1. The van der Waals surface area contributed by atoms with Crippen LogP contribution >= 0.6 is 31.9 Å². The highest BCUT2D eigenvalue weighted by Gasteiger charge is 2.54. The summed E-state index contributed by atoms with van der Waals surface area (Å²) in [6.07, 6.45) is -0.303. The zero-order chi connectivity index (χ0) is 17.5. The second-order valence-corrected chi connectivity index (χ2v) is 7.86. The summed E-state index contributed by atoms with van der Waals surface area (Å²) in [5, 5.41) is 10.9. The first-order valence-electron chi connectivity index (χ1n) is 7.71. The number of urea groups is 1. The normalized spacial score (nSPS) is 23.9. The van der Waals surface area contributed by atoms with E-state index in [2.05, 4.69) is 31.9 Å². The fourth-order valence-corrected chi connectivity index (χ4v) is 3.54. The molecule has 0 bridgehead atoms. The summed E-state index contributed by atoms with van der Waals surface area (Å²) in [5.41, 5.74) is 0.735. The maximum atomic E-state index is 13.1. The number of amides is 2. The van der Waals surface area contributed by atoms with Crippen LogP contribution in [0, 0.1) is 0 Å². The van der Waals surface area contributed by atoms with E-state index in [0.717, 1.165) is 14.6 Å². The van der Waals surface area contributed by atoms with E-state index in [1.807, 2.05) is 62.4 Å². The first-order chi connectivity index (χ1) is 11.4. The molecular formula is C18H18Br2N2O2. The topological polar surface area (TPSA) is 43.8 Å². The van der Waals surface area contributed by atoms with Crippen molar-refractivity contribution in [2.24, 2.45) is 0 Å². The fraction of sp³-hybridized carbons (Fsp3) is 0.278. The highest BCUT2D eigenvalue weighted by molar-refractivity contribution is 9.10. The first kappa shape index (κ1) is 17.5. The van der Waals surface area contributed by atoms with Crippen molar-refractivity contribution >= 4 is 49.3 Å². The summed E-state index contributed by atoms with van der Waals surface area (Å²) in [6.45, 7) is 3.89. The van der Waals surface area contributed by atoms with Gasteiger partial charge < -0.3 is 5.11 Å². The molecule has 1 N–H and O–H groups in total. The monoisotopic (exact) mass is 452 g/mol. The second kappa shape index (κ2) is 6.50. The van der Waals surface area contributed by atoms with Crippen molar-refractivity contribution in [3.8, 4) is 0 Å². The Hall–Kier alpha value is -1.37. The van der Waals surface area contributed by atoms with Crippen molar-refractivity contribution in [3.05, 3.63) is 57.5 Å². The van der Waals surface area contributed by atoms with Crippen LogP contribution in [-0.4, -0.2) is 22.9 Å². The minimum absolute atomic E-state index is 0.225. The molecule has 2 aromatic rings. The van der Waals surface area contributed by atoms with Crippen LogP contribution in [0.4, 0.5) is 16.2 Å². The molecule has 1 aliphatic heterocycles. The molecule has 0 aromatic heterocycles. The Kier molecular flexibility index (Phi) is 4.73. The van der Waals surface area contributed by atoms with Gasteiger partial charge >= 0.3 is 6.03 Å². The van der Waals surface area contributed by atoms with E-state index < -0.39 is 11.8 Å².